The van der Waals surface area contributed by atoms with Crippen molar-refractivity contribution in [2.75, 3.05) is 38.6 Å². The fourth-order valence-corrected chi connectivity index (χ4v) is 7.88. The van der Waals surface area contributed by atoms with Crippen molar-refractivity contribution in [1.82, 2.24) is 4.90 Å². The van der Waals surface area contributed by atoms with Crippen LogP contribution in [0.5, 0.6) is 11.5 Å². The summed E-state index contributed by atoms with van der Waals surface area (Å²) in [6, 6.07) is 4.33. The lowest BCUT2D eigenvalue weighted by molar-refractivity contribution is -0.132. The molecule has 3 saturated heterocycles. The number of amides is 1. The number of alkyl halides is 1. The fourth-order valence-electron chi connectivity index (χ4n) is 7.88. The van der Waals surface area contributed by atoms with E-state index in [1.54, 1.807) is 7.11 Å². The van der Waals surface area contributed by atoms with Gasteiger partial charge in [0.1, 0.15) is 0 Å². The van der Waals surface area contributed by atoms with Crippen molar-refractivity contribution in [3.8, 4) is 11.5 Å². The summed E-state index contributed by atoms with van der Waals surface area (Å²) in [6.07, 6.45) is 4.79. The average Bonchev–Trinajstić information content (AvgIpc) is 3.21. The first kappa shape index (κ1) is 17.5. The molecule has 1 amide bonds. The first-order valence-electron chi connectivity index (χ1n) is 11.0. The van der Waals surface area contributed by atoms with Crippen LogP contribution in [0.2, 0.25) is 0 Å². The Hall–Kier alpha value is -2.12. The normalized spacial score (nSPS) is 40.1. The topological polar surface area (TPSA) is 51.2 Å². The lowest BCUT2D eigenvalue weighted by Crippen LogP contribution is -2.69. The Labute approximate surface area is 174 Å². The van der Waals surface area contributed by atoms with E-state index in [0.29, 0.717) is 42.4 Å². The molecule has 0 radical (unpaired) electrons. The Morgan fingerprint density at radius 2 is 2.23 bits per heavy atom. The van der Waals surface area contributed by atoms with E-state index < -0.39 is 6.86 Å². The van der Waals surface area contributed by atoms with Crippen molar-refractivity contribution in [1.29, 1.82) is 0 Å². The molecule has 5 aliphatic heterocycles. The largest absolute Gasteiger partial charge is 0.493 e. The van der Waals surface area contributed by atoms with Crippen LogP contribution in [0.3, 0.4) is 0 Å². The van der Waals surface area contributed by atoms with Gasteiger partial charge < -0.3 is 19.1 Å². The van der Waals surface area contributed by atoms with Crippen LogP contribution in [0.25, 0.3) is 0 Å². The Kier molecular flexibility index (Phi) is 3.37. The van der Waals surface area contributed by atoms with E-state index in [4.69, 9.17) is 14.2 Å². The van der Waals surface area contributed by atoms with Crippen LogP contribution in [-0.4, -0.2) is 62.7 Å². The van der Waals surface area contributed by atoms with Gasteiger partial charge >= 0.3 is 0 Å². The molecule has 6 nitrogen and oxygen atoms in total. The highest BCUT2D eigenvalue weighted by atomic mass is 19.1. The third-order valence-corrected chi connectivity index (χ3v) is 8.80. The maximum Gasteiger partial charge on any atom is 0.229 e. The van der Waals surface area contributed by atoms with Crippen molar-refractivity contribution >= 4 is 11.6 Å². The standard InChI is InChI=1S/C23H25FN2O4/c1-28-16-8-15-14(7-17(16)30-11-24)23-3-4-25-10-12-2-5-29-18-9-20(27)26(15)22(23)21(18)13(12)6-19(23)25/h2,7-8,13,18-19,21-22H,3-6,9-11H2,1H3/t13-,18-,19-,21-,22-,23+/m0/s1. The minimum absolute atomic E-state index is 0.0276. The zero-order chi connectivity index (χ0) is 20.2. The van der Waals surface area contributed by atoms with Crippen LogP contribution in [-0.2, 0) is 14.9 Å². The maximum atomic E-state index is 13.5. The maximum absolute atomic E-state index is 13.5. The van der Waals surface area contributed by atoms with E-state index >= 15 is 0 Å². The third-order valence-electron chi connectivity index (χ3n) is 8.80. The monoisotopic (exact) mass is 412 g/mol. The number of anilines is 1. The molecule has 0 aromatic heterocycles. The van der Waals surface area contributed by atoms with Gasteiger partial charge in [0.05, 0.1) is 38.0 Å². The summed E-state index contributed by atoms with van der Waals surface area (Å²) in [5.74, 6) is 1.81. The van der Waals surface area contributed by atoms with Gasteiger partial charge in [-0.1, -0.05) is 11.6 Å². The lowest BCUT2D eigenvalue weighted by Gasteiger charge is -2.58. The van der Waals surface area contributed by atoms with Gasteiger partial charge in [0, 0.05) is 30.0 Å². The summed E-state index contributed by atoms with van der Waals surface area (Å²) < 4.78 is 30.2. The molecule has 0 unspecified atom stereocenters. The average molecular weight is 412 g/mol. The number of hydrogen-bond donors (Lipinski definition) is 0. The number of halogens is 1. The summed E-state index contributed by atoms with van der Waals surface area (Å²) in [4.78, 5) is 18.1. The minimum atomic E-state index is -0.904. The van der Waals surface area contributed by atoms with Gasteiger partial charge in [-0.05, 0) is 36.9 Å². The first-order valence-corrected chi connectivity index (χ1v) is 11.0. The van der Waals surface area contributed by atoms with E-state index in [9.17, 15) is 9.18 Å². The number of carbonyl (C=O) groups excluding carboxylic acids is 1. The predicted octanol–water partition coefficient (Wildman–Crippen LogP) is 2.41. The molecular weight excluding hydrogens is 387 g/mol. The number of ether oxygens (including phenoxy) is 3. The quantitative estimate of drug-likeness (QED) is 0.714. The van der Waals surface area contributed by atoms with Gasteiger partial charge in [-0.25, -0.2) is 4.39 Å². The predicted molar refractivity (Wildman–Crippen MR) is 107 cm³/mol. The zero-order valence-electron chi connectivity index (χ0n) is 17.0. The van der Waals surface area contributed by atoms with E-state index in [1.165, 1.54) is 5.57 Å². The summed E-state index contributed by atoms with van der Waals surface area (Å²) in [6.45, 7) is 1.73. The highest BCUT2D eigenvalue weighted by Gasteiger charge is 2.71. The number of carbonyl (C=O) groups is 1. The van der Waals surface area contributed by atoms with Gasteiger partial charge in [0.15, 0.2) is 11.5 Å². The summed E-state index contributed by atoms with van der Waals surface area (Å²) in [7, 11) is 1.56. The number of rotatable bonds is 3. The second-order valence-electron chi connectivity index (χ2n) is 9.53. The van der Waals surface area contributed by atoms with Gasteiger partial charge in [0.25, 0.3) is 0 Å². The SMILES string of the molecule is COc1cc2c(cc1OCF)[C@@]13CCN4CC5=CCO[C@H]6CC(=O)N2[C@H]1[C@H]6[C@H]5C[C@H]43. The van der Waals surface area contributed by atoms with Gasteiger partial charge in [-0.2, -0.15) is 0 Å². The molecule has 1 aromatic carbocycles. The summed E-state index contributed by atoms with van der Waals surface area (Å²) >= 11 is 0. The highest BCUT2D eigenvalue weighted by Crippen LogP contribution is 2.66. The number of piperidine rings is 2. The van der Waals surface area contributed by atoms with Crippen LogP contribution >= 0.6 is 0 Å². The molecule has 5 heterocycles. The molecule has 2 bridgehead atoms. The van der Waals surface area contributed by atoms with Crippen molar-refractivity contribution in [2.24, 2.45) is 11.8 Å². The molecular formula is C23H25FN2O4. The van der Waals surface area contributed by atoms with Crippen molar-refractivity contribution in [2.45, 2.75) is 42.9 Å². The summed E-state index contributed by atoms with van der Waals surface area (Å²) in [5, 5.41) is 0. The molecule has 7 rings (SSSR count). The lowest BCUT2D eigenvalue weighted by atomic mass is 9.53. The fraction of sp³-hybridized carbons (Fsp3) is 0.609. The Bertz CT molecular complexity index is 996. The molecule has 6 atom stereocenters. The molecule has 1 aromatic rings. The van der Waals surface area contributed by atoms with E-state index in [0.717, 1.165) is 37.2 Å². The number of hydrogen-bond acceptors (Lipinski definition) is 5. The van der Waals surface area contributed by atoms with E-state index in [2.05, 4.69) is 15.9 Å². The highest BCUT2D eigenvalue weighted by molar-refractivity contribution is 5.99. The van der Waals surface area contributed by atoms with Crippen LogP contribution in [0.4, 0.5) is 10.1 Å². The number of nitrogens with zero attached hydrogens (tertiary/aromatic N) is 2. The molecule has 158 valence electrons. The van der Waals surface area contributed by atoms with Crippen molar-refractivity contribution < 1.29 is 23.4 Å². The first-order chi connectivity index (χ1) is 14.7. The second-order valence-corrected chi connectivity index (χ2v) is 9.53. The molecule has 30 heavy (non-hydrogen) atoms. The van der Waals surface area contributed by atoms with Crippen molar-refractivity contribution in [3.63, 3.8) is 0 Å². The minimum Gasteiger partial charge on any atom is -0.493 e. The Balaban J connectivity index is 1.50. The van der Waals surface area contributed by atoms with Crippen LogP contribution < -0.4 is 14.4 Å². The van der Waals surface area contributed by atoms with Gasteiger partial charge in [0.2, 0.25) is 12.8 Å². The Morgan fingerprint density at radius 1 is 1.33 bits per heavy atom. The smallest absolute Gasteiger partial charge is 0.229 e. The van der Waals surface area contributed by atoms with Crippen LogP contribution in [0.15, 0.2) is 23.8 Å². The Morgan fingerprint density at radius 3 is 3.07 bits per heavy atom. The zero-order valence-corrected chi connectivity index (χ0v) is 17.0. The molecule has 7 heteroatoms. The second kappa shape index (κ2) is 5.77. The molecule has 4 fully saturated rings. The van der Waals surface area contributed by atoms with Crippen molar-refractivity contribution in [3.05, 3.63) is 29.3 Å². The summed E-state index contributed by atoms with van der Waals surface area (Å²) in [5.41, 5.74) is 3.41. The van der Waals surface area contributed by atoms with E-state index in [-0.39, 0.29) is 23.5 Å². The molecule has 1 aliphatic carbocycles. The van der Waals surface area contributed by atoms with E-state index in [1.807, 2.05) is 12.1 Å². The number of fused-ring (bicyclic) bond motifs is 2. The van der Waals surface area contributed by atoms with Crippen LogP contribution in [0.1, 0.15) is 24.8 Å². The molecule has 6 aliphatic rings. The number of methoxy groups -OCH3 is 1. The molecule has 1 spiro atoms. The van der Waals surface area contributed by atoms with Crippen LogP contribution in [0, 0.1) is 11.8 Å². The number of benzene rings is 1. The van der Waals surface area contributed by atoms with Gasteiger partial charge in [-0.3, -0.25) is 9.69 Å². The van der Waals surface area contributed by atoms with Gasteiger partial charge in [-0.15, -0.1) is 0 Å². The third kappa shape index (κ3) is 1.86. The molecule has 1 saturated carbocycles. The molecule has 0 N–H and O–H groups in total.